The van der Waals surface area contributed by atoms with Gasteiger partial charge in [0.05, 0.1) is 19.7 Å². The first-order valence-corrected chi connectivity index (χ1v) is 10.3. The number of nitrogens with two attached hydrogens (primary N) is 1. The van der Waals surface area contributed by atoms with Crippen LogP contribution in [0.15, 0.2) is 36.4 Å². The van der Waals surface area contributed by atoms with Crippen LogP contribution in [-0.2, 0) is 0 Å². The Morgan fingerprint density at radius 1 is 1.17 bits per heavy atom. The van der Waals surface area contributed by atoms with E-state index in [2.05, 4.69) is 33.3 Å². The van der Waals surface area contributed by atoms with Gasteiger partial charge in [-0.2, -0.15) is 4.98 Å². The van der Waals surface area contributed by atoms with E-state index in [-0.39, 0.29) is 0 Å². The Hall–Kier alpha value is -2.77. The lowest BCUT2D eigenvalue weighted by Crippen LogP contribution is -2.25. The molecule has 3 aromatic rings. The number of halogens is 1. The second-order valence-electron chi connectivity index (χ2n) is 7.57. The average Bonchev–Trinajstić information content (AvgIpc) is 3.11. The molecular weight excluding hydrogens is 402 g/mol. The van der Waals surface area contributed by atoms with E-state index in [1.165, 1.54) is 5.56 Å². The van der Waals surface area contributed by atoms with Crippen molar-refractivity contribution in [2.75, 3.05) is 45.4 Å². The van der Waals surface area contributed by atoms with Crippen molar-refractivity contribution in [3.8, 4) is 11.5 Å². The molecule has 2 unspecified atom stereocenters. The molecule has 0 bridgehead atoms. The van der Waals surface area contributed by atoms with E-state index in [1.807, 2.05) is 24.3 Å². The van der Waals surface area contributed by atoms with E-state index in [4.69, 9.17) is 26.8 Å². The first-order valence-electron chi connectivity index (χ1n) is 9.89. The van der Waals surface area contributed by atoms with Gasteiger partial charge in [-0.25, -0.2) is 4.98 Å². The second-order valence-corrected chi connectivity index (χ2v) is 8.00. The zero-order chi connectivity index (χ0) is 21.3. The number of fused-ring (bicyclic) bond motifs is 1. The number of ether oxygens (including phenoxy) is 2. The Balaban J connectivity index is 1.57. The van der Waals surface area contributed by atoms with Crippen LogP contribution in [0.2, 0.25) is 5.02 Å². The number of benzene rings is 2. The first-order chi connectivity index (χ1) is 14.5. The molecule has 30 heavy (non-hydrogen) atoms. The van der Waals surface area contributed by atoms with Gasteiger partial charge in [0.15, 0.2) is 11.5 Å². The fraction of sp³-hybridized carbons (Fsp3) is 0.364. The lowest BCUT2D eigenvalue weighted by Gasteiger charge is -2.26. The van der Waals surface area contributed by atoms with Crippen LogP contribution in [0.4, 0.5) is 11.8 Å². The Morgan fingerprint density at radius 3 is 2.67 bits per heavy atom. The zero-order valence-electron chi connectivity index (χ0n) is 17.4. The molecule has 0 saturated carbocycles. The van der Waals surface area contributed by atoms with Crippen LogP contribution in [-0.4, -0.2) is 49.2 Å². The van der Waals surface area contributed by atoms with Crippen molar-refractivity contribution < 1.29 is 9.47 Å². The summed E-state index contributed by atoms with van der Waals surface area (Å²) in [6.45, 7) is 1.76. The fourth-order valence-corrected chi connectivity index (χ4v) is 4.44. The van der Waals surface area contributed by atoms with Crippen LogP contribution < -0.4 is 20.5 Å². The van der Waals surface area contributed by atoms with Gasteiger partial charge in [0.1, 0.15) is 5.82 Å². The van der Waals surface area contributed by atoms with Crippen molar-refractivity contribution in [1.82, 2.24) is 14.9 Å². The Labute approximate surface area is 181 Å². The smallest absolute Gasteiger partial charge is 0.225 e. The molecular formula is C22H26ClN5O2. The van der Waals surface area contributed by atoms with Gasteiger partial charge >= 0.3 is 0 Å². The van der Waals surface area contributed by atoms with Crippen LogP contribution in [0.25, 0.3) is 10.9 Å². The maximum Gasteiger partial charge on any atom is 0.225 e. The van der Waals surface area contributed by atoms with Crippen molar-refractivity contribution >= 4 is 34.3 Å². The number of aromatic nitrogens is 2. The van der Waals surface area contributed by atoms with E-state index in [0.29, 0.717) is 40.7 Å². The highest BCUT2D eigenvalue weighted by molar-refractivity contribution is 6.30. The number of hydrogen-bond donors (Lipinski definition) is 2. The maximum atomic E-state index is 6.22. The van der Waals surface area contributed by atoms with Gasteiger partial charge in [0.2, 0.25) is 5.95 Å². The minimum Gasteiger partial charge on any atom is -0.493 e. The Morgan fingerprint density at radius 2 is 1.93 bits per heavy atom. The monoisotopic (exact) mass is 427 g/mol. The third-order valence-corrected chi connectivity index (χ3v) is 5.95. The second kappa shape index (κ2) is 8.53. The molecule has 4 rings (SSSR count). The third kappa shape index (κ3) is 3.95. The van der Waals surface area contributed by atoms with Crippen LogP contribution >= 0.6 is 11.6 Å². The molecule has 2 aromatic carbocycles. The summed E-state index contributed by atoms with van der Waals surface area (Å²) < 4.78 is 10.7. The Bertz CT molecular complexity index is 1060. The van der Waals surface area contributed by atoms with Crippen LogP contribution in [0.1, 0.15) is 18.0 Å². The van der Waals surface area contributed by atoms with Gasteiger partial charge in [0, 0.05) is 29.1 Å². The van der Waals surface area contributed by atoms with Gasteiger partial charge < -0.3 is 20.5 Å². The number of nitrogens with one attached hydrogen (secondary N) is 1. The van der Waals surface area contributed by atoms with Gasteiger partial charge in [0.25, 0.3) is 0 Å². The van der Waals surface area contributed by atoms with E-state index in [9.17, 15) is 0 Å². The molecule has 0 spiro atoms. The zero-order valence-corrected chi connectivity index (χ0v) is 18.1. The SMILES string of the molecule is COc1cc2nc(NCC3CCN(C)C3c3cccc(Cl)c3)nc(N)c2cc1OC. The molecule has 7 nitrogen and oxygen atoms in total. The predicted octanol–water partition coefficient (Wildman–Crippen LogP) is 3.99. The fourth-order valence-electron chi connectivity index (χ4n) is 4.24. The molecule has 2 heterocycles. The topological polar surface area (TPSA) is 85.5 Å². The normalized spacial score (nSPS) is 19.2. The van der Waals surface area contributed by atoms with Crippen LogP contribution in [0, 0.1) is 5.92 Å². The third-order valence-electron chi connectivity index (χ3n) is 5.72. The number of likely N-dealkylation sites (tertiary alicyclic amines) is 1. The lowest BCUT2D eigenvalue weighted by molar-refractivity contribution is 0.282. The molecule has 8 heteroatoms. The molecule has 1 fully saturated rings. The van der Waals surface area contributed by atoms with Crippen molar-refractivity contribution in [2.24, 2.45) is 5.92 Å². The molecule has 1 aromatic heterocycles. The van der Waals surface area contributed by atoms with Gasteiger partial charge in [-0.1, -0.05) is 23.7 Å². The largest absolute Gasteiger partial charge is 0.493 e. The van der Waals surface area contributed by atoms with Crippen molar-refractivity contribution in [1.29, 1.82) is 0 Å². The minimum atomic E-state index is 0.290. The molecule has 1 saturated heterocycles. The van der Waals surface area contributed by atoms with Gasteiger partial charge in [-0.3, -0.25) is 4.90 Å². The van der Waals surface area contributed by atoms with Crippen LogP contribution in [0.5, 0.6) is 11.5 Å². The molecule has 0 amide bonds. The summed E-state index contributed by atoms with van der Waals surface area (Å²) in [6.07, 6.45) is 1.08. The van der Waals surface area contributed by atoms with E-state index < -0.39 is 0 Å². The number of rotatable bonds is 6. The number of methoxy groups -OCH3 is 2. The molecule has 3 N–H and O–H groups in total. The number of nitrogen functional groups attached to an aromatic ring is 1. The Kier molecular flexibility index (Phi) is 5.83. The molecule has 1 aliphatic heterocycles. The summed E-state index contributed by atoms with van der Waals surface area (Å²) in [5.74, 6) is 2.51. The number of nitrogens with zero attached hydrogens (tertiary/aromatic N) is 3. The van der Waals surface area contributed by atoms with E-state index in [0.717, 1.165) is 29.9 Å². The van der Waals surface area contributed by atoms with Crippen LogP contribution in [0.3, 0.4) is 0 Å². The van der Waals surface area contributed by atoms with Gasteiger partial charge in [-0.05, 0) is 49.7 Å². The number of hydrogen-bond acceptors (Lipinski definition) is 7. The van der Waals surface area contributed by atoms with E-state index in [1.54, 1.807) is 20.3 Å². The van der Waals surface area contributed by atoms with Crippen molar-refractivity contribution in [2.45, 2.75) is 12.5 Å². The van der Waals surface area contributed by atoms with Crippen molar-refractivity contribution in [3.05, 3.63) is 47.0 Å². The summed E-state index contributed by atoms with van der Waals surface area (Å²) in [7, 11) is 5.33. The summed E-state index contributed by atoms with van der Waals surface area (Å²) in [5, 5.41) is 4.88. The standard InChI is InChI=1S/C22H26ClN5O2/c1-28-8-7-14(20(28)13-5-4-6-15(23)9-13)12-25-22-26-17-11-19(30-3)18(29-2)10-16(17)21(24)27-22/h4-6,9-11,14,20H,7-8,12H2,1-3H3,(H3,24,25,26,27). The maximum absolute atomic E-state index is 6.22. The molecule has 1 aliphatic rings. The molecule has 0 aliphatic carbocycles. The number of anilines is 2. The lowest BCUT2D eigenvalue weighted by atomic mass is 9.94. The quantitative estimate of drug-likeness (QED) is 0.615. The van der Waals surface area contributed by atoms with E-state index >= 15 is 0 Å². The predicted molar refractivity (Wildman–Crippen MR) is 120 cm³/mol. The first kappa shape index (κ1) is 20.5. The average molecular weight is 428 g/mol. The highest BCUT2D eigenvalue weighted by atomic mass is 35.5. The summed E-state index contributed by atoms with van der Waals surface area (Å²) in [6, 6.07) is 12.0. The summed E-state index contributed by atoms with van der Waals surface area (Å²) >= 11 is 6.22. The van der Waals surface area contributed by atoms with Gasteiger partial charge in [-0.15, -0.1) is 0 Å². The molecule has 0 radical (unpaired) electrons. The summed E-state index contributed by atoms with van der Waals surface area (Å²) in [5.41, 5.74) is 8.14. The highest BCUT2D eigenvalue weighted by Gasteiger charge is 2.33. The minimum absolute atomic E-state index is 0.290. The highest BCUT2D eigenvalue weighted by Crippen LogP contribution is 2.37. The summed E-state index contributed by atoms with van der Waals surface area (Å²) in [4.78, 5) is 11.5. The molecule has 158 valence electrons. The van der Waals surface area contributed by atoms with Crippen molar-refractivity contribution in [3.63, 3.8) is 0 Å². The molecule has 2 atom stereocenters.